The second-order valence-corrected chi connectivity index (χ2v) is 58.7. The van der Waals surface area contributed by atoms with Crippen LogP contribution < -0.4 is 18.9 Å². The van der Waals surface area contributed by atoms with Crippen LogP contribution in [0.2, 0.25) is 72.5 Å². The number of ether oxygens (including phenoxy) is 8. The van der Waals surface area contributed by atoms with E-state index in [2.05, 4.69) is 238 Å². The van der Waals surface area contributed by atoms with Gasteiger partial charge in [0, 0.05) is 25.7 Å². The number of unbranched alkanes of at least 4 members (excludes halogenated alkanes) is 12. The fourth-order valence-electron chi connectivity index (χ4n) is 13.2. The van der Waals surface area contributed by atoms with Gasteiger partial charge in [-0.1, -0.05) is 263 Å². The number of hydrogen-bond donors (Lipinski definition) is 0. The molecule has 1 aliphatic rings. The van der Waals surface area contributed by atoms with Crippen LogP contribution in [-0.2, 0) is 107 Å². The first-order valence-corrected chi connectivity index (χ1v) is 56.9. The highest BCUT2D eigenvalue weighted by Crippen LogP contribution is 2.45. The summed E-state index contributed by atoms with van der Waals surface area (Å²) >= 11 is 0. The minimum atomic E-state index is -2.24. The summed E-state index contributed by atoms with van der Waals surface area (Å²) in [6.45, 7) is 68.8. The van der Waals surface area contributed by atoms with E-state index < -0.39 is 57.1 Å². The number of fused-ring (bicyclic) bond motifs is 8. The normalized spacial score (nSPS) is 13.0. The molecule has 0 amide bonds. The summed E-state index contributed by atoms with van der Waals surface area (Å²) in [5.41, 5.74) is 12.9. The van der Waals surface area contributed by atoms with E-state index in [1.807, 2.05) is 0 Å². The summed E-state index contributed by atoms with van der Waals surface area (Å²) < 4.78 is 79.2. The summed E-state index contributed by atoms with van der Waals surface area (Å²) in [4.78, 5) is 55.9. The van der Waals surface area contributed by atoms with Crippen molar-refractivity contribution in [3.05, 3.63) is 164 Å². The molecule has 5 rings (SSSR count). The minimum absolute atomic E-state index is 0.0169. The van der Waals surface area contributed by atoms with Gasteiger partial charge in [0.05, 0.1) is 48.7 Å². The molecule has 1 aliphatic carbocycles. The van der Waals surface area contributed by atoms with Crippen LogP contribution in [-0.4, -0.2) is 136 Å². The standard InChI is InChI=1S/C100H160O16Si4/c1-29-33-37-41-45-77-57-81-65-83-59-78(46-42-38-34-30-2)61-85(90(83)106-50-54-110-94(102)74(6)70-114-118(23,24)98(12,13)14)67-87-63-80(48-44-40-36-32-4)64-88(92(87)108-52-56-112-96(104)76(8)72-116-120(27,28)100(18,19)20)68-86-62-79(47-43-39-35-31-3)60-84(91(86)107-51-55-111-95(103)75(7)71-115-119(25,26)99(15,16)17)66-82(58-77)89(81)105-49-53-109-93(101)73(5)69-113-117(21,22)97(9,10)11/h57-64H,5-8,29-56,65-72H2,1-4,9-28H3. The van der Waals surface area contributed by atoms with Gasteiger partial charge in [0.1, 0.15) is 75.9 Å². The zero-order chi connectivity index (χ0) is 89.5. The topological polar surface area (TPSA) is 179 Å². The maximum absolute atomic E-state index is 14.0. The first-order valence-electron chi connectivity index (χ1n) is 45.2. The molecule has 672 valence electrons. The van der Waals surface area contributed by atoms with Crippen LogP contribution in [0.15, 0.2) is 97.1 Å². The van der Waals surface area contributed by atoms with E-state index in [0.29, 0.717) is 48.7 Å². The van der Waals surface area contributed by atoms with Crippen LogP contribution in [0.25, 0.3) is 0 Å². The lowest BCUT2D eigenvalue weighted by molar-refractivity contribution is -0.141. The monoisotopic (exact) mass is 1730 g/mol. The van der Waals surface area contributed by atoms with Gasteiger partial charge in [0.2, 0.25) is 0 Å². The summed E-state index contributed by atoms with van der Waals surface area (Å²) in [6.07, 6.45) is 21.5. The van der Waals surface area contributed by atoms with E-state index in [1.165, 1.54) is 0 Å². The van der Waals surface area contributed by atoms with Crippen molar-refractivity contribution in [2.75, 3.05) is 79.3 Å². The molecule has 4 aromatic rings. The highest BCUT2D eigenvalue weighted by atomic mass is 28.4. The lowest BCUT2D eigenvalue weighted by Gasteiger charge is -2.36. The highest BCUT2D eigenvalue weighted by Gasteiger charge is 2.41. The van der Waals surface area contributed by atoms with E-state index in [9.17, 15) is 19.2 Å². The Morgan fingerprint density at radius 3 is 0.592 bits per heavy atom. The van der Waals surface area contributed by atoms with Gasteiger partial charge in [-0.2, -0.15) is 0 Å². The van der Waals surface area contributed by atoms with Gasteiger partial charge in [-0.25, -0.2) is 19.2 Å². The summed E-state index contributed by atoms with van der Waals surface area (Å²) in [5.74, 6) is 0.422. The van der Waals surface area contributed by atoms with Crippen LogP contribution in [0, 0.1) is 0 Å². The third-order valence-corrected chi connectivity index (χ3v) is 43.0. The van der Waals surface area contributed by atoms with Gasteiger partial charge in [0.15, 0.2) is 33.3 Å². The minimum Gasteiger partial charge on any atom is -0.489 e. The van der Waals surface area contributed by atoms with Gasteiger partial charge >= 0.3 is 23.9 Å². The van der Waals surface area contributed by atoms with Crippen LogP contribution in [0.4, 0.5) is 0 Å². The van der Waals surface area contributed by atoms with Gasteiger partial charge < -0.3 is 55.6 Å². The molecule has 0 spiro atoms. The molecule has 8 bridgehead atoms. The zero-order valence-electron chi connectivity index (χ0n) is 79.4. The van der Waals surface area contributed by atoms with Gasteiger partial charge in [-0.05, 0) is 191 Å². The number of hydrogen-bond acceptors (Lipinski definition) is 16. The van der Waals surface area contributed by atoms with E-state index in [0.717, 1.165) is 195 Å². The summed E-state index contributed by atoms with van der Waals surface area (Å²) in [5, 5.41) is -0.306. The molecule has 120 heavy (non-hydrogen) atoms. The average Bonchev–Trinajstić information content (AvgIpc) is 0.769. The number of aryl methyl sites for hydroxylation is 4. The van der Waals surface area contributed by atoms with Crippen molar-refractivity contribution < 1.29 is 74.8 Å². The number of carbonyl (C=O) groups is 4. The highest BCUT2D eigenvalue weighted by molar-refractivity contribution is 6.75. The molecule has 0 heterocycles. The van der Waals surface area contributed by atoms with Crippen molar-refractivity contribution in [2.24, 2.45) is 0 Å². The second-order valence-electron chi connectivity index (χ2n) is 39.5. The fraction of sp³-hybridized carbons (Fsp3) is 0.640. The molecule has 0 aliphatic heterocycles. The lowest BCUT2D eigenvalue weighted by Crippen LogP contribution is -2.41. The van der Waals surface area contributed by atoms with Crippen molar-refractivity contribution in [2.45, 2.75) is 337 Å². The van der Waals surface area contributed by atoms with Crippen LogP contribution in [0.1, 0.15) is 280 Å². The maximum atomic E-state index is 14.0. The molecule has 0 saturated heterocycles. The number of esters is 4. The van der Waals surface area contributed by atoms with Gasteiger partial charge in [-0.3, -0.25) is 0 Å². The number of rotatable bonds is 52. The van der Waals surface area contributed by atoms with Crippen molar-refractivity contribution >= 4 is 57.1 Å². The van der Waals surface area contributed by atoms with Gasteiger partial charge in [0.25, 0.3) is 0 Å². The molecule has 0 N–H and O–H groups in total. The van der Waals surface area contributed by atoms with Crippen molar-refractivity contribution in [3.63, 3.8) is 0 Å². The lowest BCUT2D eigenvalue weighted by atomic mass is 9.87. The first-order chi connectivity index (χ1) is 56.2. The van der Waals surface area contributed by atoms with Crippen molar-refractivity contribution in [1.82, 2.24) is 0 Å². The molecular weight excluding hydrogens is 1570 g/mol. The Balaban J connectivity index is 1.91. The van der Waals surface area contributed by atoms with E-state index >= 15 is 0 Å². The van der Waals surface area contributed by atoms with Crippen LogP contribution in [0.5, 0.6) is 23.0 Å². The van der Waals surface area contributed by atoms with Gasteiger partial charge in [-0.15, -0.1) is 0 Å². The third-order valence-electron chi connectivity index (χ3n) is 25.1. The Hall–Kier alpha value is -6.37. The smallest absolute Gasteiger partial charge is 0.335 e. The van der Waals surface area contributed by atoms with Crippen LogP contribution >= 0.6 is 0 Å². The molecular formula is C100H160O16Si4. The predicted molar refractivity (Wildman–Crippen MR) is 503 cm³/mol. The Labute approximate surface area is 731 Å². The Morgan fingerprint density at radius 1 is 0.275 bits per heavy atom. The third kappa shape index (κ3) is 33.6. The first kappa shape index (κ1) is 104. The van der Waals surface area contributed by atoms with Crippen molar-refractivity contribution in [1.29, 1.82) is 0 Å². The molecule has 0 fully saturated rings. The van der Waals surface area contributed by atoms with Crippen LogP contribution in [0.3, 0.4) is 0 Å². The van der Waals surface area contributed by atoms with E-state index in [1.54, 1.807) is 0 Å². The summed E-state index contributed by atoms with van der Waals surface area (Å²) in [7, 11) is -8.95. The number of carbonyl (C=O) groups excluding carboxylic acids is 4. The molecule has 0 radical (unpaired) electrons. The molecule has 4 aromatic carbocycles. The molecule has 0 aromatic heterocycles. The predicted octanol–water partition coefficient (Wildman–Crippen LogP) is 24.9. The molecule has 20 heteroatoms. The molecule has 0 unspecified atom stereocenters. The largest absolute Gasteiger partial charge is 0.489 e. The maximum Gasteiger partial charge on any atom is 0.335 e. The zero-order valence-corrected chi connectivity index (χ0v) is 83.4. The fourth-order valence-corrected chi connectivity index (χ4v) is 17.1. The Kier molecular flexibility index (Phi) is 42.3. The SMILES string of the molecule is C=C(CO[Si](C)(C)C(C)(C)C)C(=O)OCCOc1c2cc(CCCCCC)cc1Cc1cc(CCCCCC)cc(c1OCCOC(=O)C(=C)CO[Si](C)(C)C(C)(C)C)Cc1cc(CCCCCC)cc(c1OCCOC(=O)C(=C)CO[Si](C)(C)C(C)(C)C)Cc1cc(CCCCCC)cc(c1OCCOC(=O)C(=C)CO[Si](C)(C)C(C)(C)C)C2. The average molecular weight is 1730 g/mol. The second kappa shape index (κ2) is 48.8. The summed E-state index contributed by atoms with van der Waals surface area (Å²) in [6, 6.07) is 18.4. The van der Waals surface area contributed by atoms with E-state index in [4.69, 9.17) is 55.6 Å². The molecule has 0 saturated carbocycles. The molecule has 16 nitrogen and oxygen atoms in total. The molecule has 0 atom stereocenters. The Morgan fingerprint density at radius 2 is 0.442 bits per heavy atom. The van der Waals surface area contributed by atoms with E-state index in [-0.39, 0.29) is 122 Å². The van der Waals surface area contributed by atoms with Crippen molar-refractivity contribution in [3.8, 4) is 23.0 Å². The Bertz CT molecular complexity index is 3400. The number of benzene rings is 4. The quantitative estimate of drug-likeness (QED) is 0.0118.